The molecule has 3 aromatic carbocycles. The van der Waals surface area contributed by atoms with Gasteiger partial charge in [-0.2, -0.15) is 0 Å². The van der Waals surface area contributed by atoms with Crippen LogP contribution < -0.4 is 9.62 Å². The highest BCUT2D eigenvalue weighted by molar-refractivity contribution is 9.10. The first kappa shape index (κ1) is 26.4. The number of nitrogens with zero attached hydrogens (tertiary/aromatic N) is 2. The summed E-state index contributed by atoms with van der Waals surface area (Å²) in [4.78, 5) is 28.2. The summed E-state index contributed by atoms with van der Waals surface area (Å²) in [6.45, 7) is -0.280. The van der Waals surface area contributed by atoms with Crippen molar-refractivity contribution in [3.63, 3.8) is 0 Å². The predicted octanol–water partition coefficient (Wildman–Crippen LogP) is 3.60. The summed E-state index contributed by atoms with van der Waals surface area (Å²) in [6.07, 6.45) is 1.35. The molecule has 0 aliphatic rings. The average Bonchev–Trinajstić information content (AvgIpc) is 2.85. The number of anilines is 1. The van der Waals surface area contributed by atoms with Crippen molar-refractivity contribution in [2.75, 3.05) is 24.2 Å². The molecule has 0 heterocycles. The second-order valence-corrected chi connectivity index (χ2v) is 10.9. The van der Waals surface area contributed by atoms with Crippen LogP contribution >= 0.6 is 15.9 Å². The molecule has 0 aliphatic carbocycles. The maximum atomic E-state index is 13.7. The van der Waals surface area contributed by atoms with Gasteiger partial charge in [0.1, 0.15) is 12.6 Å². The van der Waals surface area contributed by atoms with Crippen LogP contribution in [0.1, 0.15) is 11.1 Å². The van der Waals surface area contributed by atoms with Crippen molar-refractivity contribution < 1.29 is 18.0 Å². The van der Waals surface area contributed by atoms with E-state index in [1.165, 1.54) is 11.9 Å². The van der Waals surface area contributed by atoms with Gasteiger partial charge in [0.05, 0.1) is 11.9 Å². The van der Waals surface area contributed by atoms with Crippen molar-refractivity contribution in [3.8, 4) is 0 Å². The van der Waals surface area contributed by atoms with E-state index in [9.17, 15) is 18.0 Å². The molecule has 0 spiro atoms. The molecule has 2 amide bonds. The van der Waals surface area contributed by atoms with Gasteiger partial charge in [-0.15, -0.1) is 0 Å². The zero-order valence-corrected chi connectivity index (χ0v) is 22.0. The maximum absolute atomic E-state index is 13.7. The normalized spacial score (nSPS) is 12.0. The van der Waals surface area contributed by atoms with Gasteiger partial charge >= 0.3 is 0 Å². The van der Waals surface area contributed by atoms with Gasteiger partial charge in [0.2, 0.25) is 21.8 Å². The van der Waals surface area contributed by atoms with Crippen LogP contribution in [0.2, 0.25) is 0 Å². The van der Waals surface area contributed by atoms with Gasteiger partial charge in [0.15, 0.2) is 0 Å². The van der Waals surface area contributed by atoms with Gasteiger partial charge in [0.25, 0.3) is 0 Å². The monoisotopic (exact) mass is 557 g/mol. The van der Waals surface area contributed by atoms with E-state index in [0.29, 0.717) is 5.69 Å². The third-order valence-electron chi connectivity index (χ3n) is 5.51. The summed E-state index contributed by atoms with van der Waals surface area (Å²) in [5.41, 5.74) is 2.08. The molecule has 0 unspecified atom stereocenters. The third kappa shape index (κ3) is 7.40. The number of hydrogen-bond donors (Lipinski definition) is 1. The minimum atomic E-state index is -3.77. The highest BCUT2D eigenvalue weighted by Crippen LogP contribution is 2.22. The second-order valence-electron chi connectivity index (χ2n) is 8.07. The van der Waals surface area contributed by atoms with Crippen LogP contribution in [-0.2, 0) is 32.6 Å². The van der Waals surface area contributed by atoms with Crippen molar-refractivity contribution in [2.24, 2.45) is 0 Å². The van der Waals surface area contributed by atoms with Gasteiger partial charge in [-0.05, 0) is 35.4 Å². The van der Waals surface area contributed by atoms with Crippen molar-refractivity contribution >= 4 is 43.5 Å². The van der Waals surface area contributed by atoms with E-state index >= 15 is 0 Å². The van der Waals surface area contributed by atoms with E-state index in [0.717, 1.165) is 26.2 Å². The van der Waals surface area contributed by atoms with Gasteiger partial charge in [-0.1, -0.05) is 76.6 Å². The number of likely N-dealkylation sites (N-methyl/N-ethyl adjacent to an activating group) is 1. The fourth-order valence-corrected chi connectivity index (χ4v) is 4.84. The molecule has 0 bridgehead atoms. The fourth-order valence-electron chi connectivity index (χ4n) is 3.72. The summed E-state index contributed by atoms with van der Waals surface area (Å²) < 4.78 is 27.1. The predicted molar refractivity (Wildman–Crippen MR) is 141 cm³/mol. The number of carbonyl (C=O) groups excluding carboxylic acids is 2. The van der Waals surface area contributed by atoms with Gasteiger partial charge in [-0.25, -0.2) is 8.42 Å². The Hall–Kier alpha value is -3.17. The summed E-state index contributed by atoms with van der Waals surface area (Å²) in [7, 11) is -2.25. The van der Waals surface area contributed by atoms with E-state index in [2.05, 4.69) is 21.2 Å². The van der Waals surface area contributed by atoms with E-state index in [1.54, 1.807) is 24.3 Å². The van der Waals surface area contributed by atoms with Crippen LogP contribution in [-0.4, -0.2) is 51.0 Å². The van der Waals surface area contributed by atoms with Crippen molar-refractivity contribution in [3.05, 3.63) is 101 Å². The van der Waals surface area contributed by atoms with Crippen LogP contribution in [0.5, 0.6) is 0 Å². The van der Waals surface area contributed by atoms with Crippen molar-refractivity contribution in [1.29, 1.82) is 0 Å². The number of amides is 2. The van der Waals surface area contributed by atoms with Gasteiger partial charge in [0, 0.05) is 24.5 Å². The molecule has 0 radical (unpaired) electrons. The lowest BCUT2D eigenvalue weighted by Gasteiger charge is -2.33. The lowest BCUT2D eigenvalue weighted by molar-refractivity contribution is -0.139. The molecule has 3 aromatic rings. The van der Waals surface area contributed by atoms with Crippen LogP contribution in [0.3, 0.4) is 0 Å². The van der Waals surface area contributed by atoms with Crippen LogP contribution in [0.25, 0.3) is 0 Å². The number of sulfonamides is 1. The summed E-state index contributed by atoms with van der Waals surface area (Å²) in [6, 6.07) is 24.6. The zero-order valence-electron chi connectivity index (χ0n) is 19.6. The minimum absolute atomic E-state index is 0.155. The van der Waals surface area contributed by atoms with E-state index < -0.39 is 28.5 Å². The van der Waals surface area contributed by atoms with E-state index in [4.69, 9.17) is 0 Å². The van der Waals surface area contributed by atoms with Gasteiger partial charge in [-0.3, -0.25) is 13.9 Å². The number of nitrogens with one attached hydrogen (secondary N) is 1. The molecule has 7 nitrogen and oxygen atoms in total. The summed E-state index contributed by atoms with van der Waals surface area (Å²) in [5, 5.41) is 2.66. The molecular formula is C26H28BrN3O4S. The molecule has 0 fully saturated rings. The molecule has 0 saturated carbocycles. The number of halogens is 1. The molecule has 1 N–H and O–H groups in total. The standard InChI is InChI=1S/C26H28BrN3O4S/c1-28-26(32)24(17-20-9-5-3-6-10-20)29(18-21-11-7-4-8-12-21)25(31)19-30(35(2,33)34)23-15-13-22(27)14-16-23/h3-16,24H,17-19H2,1-2H3,(H,28,32)/t24-/m1/s1. The quantitative estimate of drug-likeness (QED) is 0.412. The molecule has 3 rings (SSSR count). The Morgan fingerprint density at radius 2 is 1.43 bits per heavy atom. The van der Waals surface area contributed by atoms with E-state index in [-0.39, 0.29) is 18.9 Å². The lowest BCUT2D eigenvalue weighted by atomic mass is 10.0. The topological polar surface area (TPSA) is 86.8 Å². The highest BCUT2D eigenvalue weighted by Gasteiger charge is 2.32. The Balaban J connectivity index is 1.99. The Labute approximate surface area is 214 Å². The van der Waals surface area contributed by atoms with E-state index in [1.807, 2.05) is 60.7 Å². The Bertz CT molecular complexity index is 1240. The van der Waals surface area contributed by atoms with Crippen LogP contribution in [0.4, 0.5) is 5.69 Å². The number of hydrogen-bond acceptors (Lipinski definition) is 4. The molecule has 184 valence electrons. The smallest absolute Gasteiger partial charge is 0.244 e. The Morgan fingerprint density at radius 1 is 0.886 bits per heavy atom. The largest absolute Gasteiger partial charge is 0.357 e. The zero-order chi connectivity index (χ0) is 25.4. The van der Waals surface area contributed by atoms with Gasteiger partial charge < -0.3 is 10.2 Å². The maximum Gasteiger partial charge on any atom is 0.244 e. The molecule has 0 saturated heterocycles. The second kappa shape index (κ2) is 12.0. The average molecular weight is 558 g/mol. The number of carbonyl (C=O) groups is 2. The first-order chi connectivity index (χ1) is 16.7. The summed E-state index contributed by atoms with van der Waals surface area (Å²) >= 11 is 3.34. The van der Waals surface area contributed by atoms with Crippen molar-refractivity contribution in [2.45, 2.75) is 19.0 Å². The molecule has 9 heteroatoms. The number of benzene rings is 3. The number of rotatable bonds is 10. The molecule has 1 atom stereocenters. The first-order valence-corrected chi connectivity index (χ1v) is 13.7. The summed E-state index contributed by atoms with van der Waals surface area (Å²) in [5.74, 6) is -0.806. The molecule has 0 aromatic heterocycles. The Kier molecular flexibility index (Phi) is 9.06. The third-order valence-corrected chi connectivity index (χ3v) is 7.18. The molecular weight excluding hydrogens is 530 g/mol. The van der Waals surface area contributed by atoms with Crippen LogP contribution in [0.15, 0.2) is 89.4 Å². The highest BCUT2D eigenvalue weighted by atomic mass is 79.9. The first-order valence-electron chi connectivity index (χ1n) is 11.0. The molecule has 35 heavy (non-hydrogen) atoms. The Morgan fingerprint density at radius 3 is 1.94 bits per heavy atom. The SMILES string of the molecule is CNC(=O)[C@@H](Cc1ccccc1)N(Cc1ccccc1)C(=O)CN(c1ccc(Br)cc1)S(C)(=O)=O. The lowest BCUT2D eigenvalue weighted by Crippen LogP contribution is -2.52. The van der Waals surface area contributed by atoms with Crippen molar-refractivity contribution in [1.82, 2.24) is 10.2 Å². The molecule has 0 aliphatic heterocycles. The van der Waals surface area contributed by atoms with Crippen LogP contribution in [0, 0.1) is 0 Å². The fraction of sp³-hybridized carbons (Fsp3) is 0.231. The minimum Gasteiger partial charge on any atom is -0.357 e.